The maximum atomic E-state index is 8.73. The van der Waals surface area contributed by atoms with Gasteiger partial charge in [0.05, 0.1) is 6.61 Å². The molecule has 0 radical (unpaired) electrons. The average Bonchev–Trinajstić information content (AvgIpc) is 2.65. The molecule has 28 heavy (non-hydrogen) atoms. The first-order valence-electron chi connectivity index (χ1n) is 11.5. The molecular weight excluding hydrogens is 374 g/mol. The molecule has 0 aromatic heterocycles. The fourth-order valence-electron chi connectivity index (χ4n) is 3.14. The van der Waals surface area contributed by atoms with Gasteiger partial charge in [0.15, 0.2) is 6.29 Å². The zero-order valence-corrected chi connectivity index (χ0v) is 19.4. The van der Waals surface area contributed by atoms with Crippen LogP contribution in [-0.2, 0) is 4.74 Å². The van der Waals surface area contributed by atoms with Crippen LogP contribution in [0.25, 0.3) is 0 Å². The minimum absolute atomic E-state index is 0. The molecule has 5 heteroatoms. The molecule has 0 fully saturated rings. The van der Waals surface area contributed by atoms with Gasteiger partial charge in [-0.1, -0.05) is 83.3 Å². The highest BCUT2D eigenvalue weighted by atomic mass is 35.5. The molecular formula is C23H48ClNO3. The van der Waals surface area contributed by atoms with Crippen LogP contribution in [0.15, 0.2) is 12.2 Å². The molecule has 0 aromatic carbocycles. The van der Waals surface area contributed by atoms with Crippen LogP contribution in [0.4, 0.5) is 0 Å². The maximum absolute atomic E-state index is 8.73. The van der Waals surface area contributed by atoms with Crippen LogP contribution >= 0.6 is 12.4 Å². The summed E-state index contributed by atoms with van der Waals surface area (Å²) in [5.74, 6) is 0. The fourth-order valence-corrected chi connectivity index (χ4v) is 3.14. The van der Waals surface area contributed by atoms with E-state index in [1.54, 1.807) is 0 Å². The normalized spacial score (nSPS) is 12.6. The summed E-state index contributed by atoms with van der Waals surface area (Å²) in [6, 6.07) is 0. The highest BCUT2D eigenvalue weighted by Gasteiger charge is 2.03. The minimum Gasteiger partial charge on any atom is -0.366 e. The van der Waals surface area contributed by atoms with E-state index < -0.39 is 6.29 Å². The van der Waals surface area contributed by atoms with Gasteiger partial charge in [-0.15, -0.1) is 12.4 Å². The first-order chi connectivity index (χ1) is 13.2. The third kappa shape index (κ3) is 25.9. The Hall–Kier alpha value is -0.130. The number of aliphatic hydroxyl groups excluding tert-OH is 1. The number of rotatable bonds is 21. The Morgan fingerprint density at radius 2 is 1.21 bits per heavy atom. The van der Waals surface area contributed by atoms with Crippen molar-refractivity contribution in [3.05, 3.63) is 12.2 Å². The van der Waals surface area contributed by atoms with Crippen molar-refractivity contribution in [2.24, 2.45) is 0 Å². The third-order valence-corrected chi connectivity index (χ3v) is 4.87. The highest BCUT2D eigenvalue weighted by Crippen LogP contribution is 2.10. The lowest BCUT2D eigenvalue weighted by molar-refractivity contribution is -0.114. The SMILES string of the molecule is CCCCCCCCC=CCCCCCCCCCNC(C)OCC(O)O.Cl. The zero-order chi connectivity index (χ0) is 20.0. The van der Waals surface area contributed by atoms with Crippen molar-refractivity contribution in [3.63, 3.8) is 0 Å². The van der Waals surface area contributed by atoms with Crippen molar-refractivity contribution in [3.8, 4) is 0 Å². The largest absolute Gasteiger partial charge is 0.366 e. The number of ether oxygens (including phenoxy) is 1. The van der Waals surface area contributed by atoms with E-state index >= 15 is 0 Å². The molecule has 3 N–H and O–H groups in total. The van der Waals surface area contributed by atoms with Gasteiger partial charge in [0.25, 0.3) is 0 Å². The Labute approximate surface area is 180 Å². The Bertz CT molecular complexity index is 314. The van der Waals surface area contributed by atoms with Crippen molar-refractivity contribution >= 4 is 12.4 Å². The minimum atomic E-state index is -1.38. The monoisotopic (exact) mass is 421 g/mol. The topological polar surface area (TPSA) is 61.7 Å². The number of aliphatic hydroxyl groups is 2. The molecule has 0 saturated heterocycles. The molecule has 0 spiro atoms. The van der Waals surface area contributed by atoms with Gasteiger partial charge in [-0.3, -0.25) is 5.32 Å². The second-order valence-electron chi connectivity index (χ2n) is 7.70. The summed E-state index contributed by atoms with van der Waals surface area (Å²) in [4.78, 5) is 0. The summed E-state index contributed by atoms with van der Waals surface area (Å²) in [6.45, 7) is 5.05. The molecule has 0 aromatic rings. The van der Waals surface area contributed by atoms with Gasteiger partial charge in [0, 0.05) is 0 Å². The lowest BCUT2D eigenvalue weighted by Crippen LogP contribution is -2.32. The first kappa shape index (κ1) is 30.1. The van der Waals surface area contributed by atoms with Crippen LogP contribution in [0.3, 0.4) is 0 Å². The number of hydrogen-bond donors (Lipinski definition) is 3. The molecule has 0 aliphatic heterocycles. The van der Waals surface area contributed by atoms with Gasteiger partial charge >= 0.3 is 0 Å². The quantitative estimate of drug-likeness (QED) is 0.119. The summed E-state index contributed by atoms with van der Waals surface area (Å²) in [5, 5.41) is 20.7. The van der Waals surface area contributed by atoms with Gasteiger partial charge < -0.3 is 14.9 Å². The Morgan fingerprint density at radius 3 is 1.71 bits per heavy atom. The van der Waals surface area contributed by atoms with E-state index in [1.165, 1.54) is 89.9 Å². The van der Waals surface area contributed by atoms with Crippen LogP contribution in [0, 0.1) is 0 Å². The van der Waals surface area contributed by atoms with E-state index in [0.29, 0.717) is 0 Å². The number of unbranched alkanes of at least 4 members (excludes halogenated alkanes) is 13. The number of hydrogen-bond acceptors (Lipinski definition) is 4. The predicted octanol–water partition coefficient (Wildman–Crippen LogP) is 6.10. The summed E-state index contributed by atoms with van der Waals surface area (Å²) in [6.07, 6.45) is 23.2. The smallest absolute Gasteiger partial charge is 0.175 e. The second kappa shape index (κ2) is 24.9. The van der Waals surface area contributed by atoms with Gasteiger partial charge in [-0.25, -0.2) is 0 Å². The summed E-state index contributed by atoms with van der Waals surface area (Å²) >= 11 is 0. The van der Waals surface area contributed by atoms with Gasteiger partial charge in [0.1, 0.15) is 6.23 Å². The predicted molar refractivity (Wildman–Crippen MR) is 123 cm³/mol. The average molecular weight is 422 g/mol. The van der Waals surface area contributed by atoms with E-state index in [4.69, 9.17) is 14.9 Å². The molecule has 170 valence electrons. The van der Waals surface area contributed by atoms with Crippen LogP contribution < -0.4 is 5.32 Å². The second-order valence-corrected chi connectivity index (χ2v) is 7.70. The van der Waals surface area contributed by atoms with E-state index in [-0.39, 0.29) is 25.2 Å². The zero-order valence-electron chi connectivity index (χ0n) is 18.5. The maximum Gasteiger partial charge on any atom is 0.175 e. The van der Waals surface area contributed by atoms with Crippen molar-refractivity contribution < 1.29 is 14.9 Å². The lowest BCUT2D eigenvalue weighted by Gasteiger charge is -2.15. The van der Waals surface area contributed by atoms with Gasteiger partial charge in [-0.2, -0.15) is 0 Å². The molecule has 0 saturated carbocycles. The van der Waals surface area contributed by atoms with Crippen molar-refractivity contribution in [2.75, 3.05) is 13.2 Å². The van der Waals surface area contributed by atoms with Crippen LogP contribution in [0.2, 0.25) is 0 Å². The van der Waals surface area contributed by atoms with Gasteiger partial charge in [0.2, 0.25) is 0 Å². The standard InChI is InChI=1S/C23H47NO3.ClH/c1-3-4-5-6-7-8-9-10-11-12-13-14-15-16-17-18-19-20-24-22(2)27-21-23(25)26;/h10-11,22-26H,3-9,12-21H2,1-2H3;1H. The number of allylic oxidation sites excluding steroid dienone is 2. The van der Waals surface area contributed by atoms with Crippen LogP contribution in [0.5, 0.6) is 0 Å². The van der Waals surface area contributed by atoms with E-state index in [1.807, 2.05) is 6.92 Å². The van der Waals surface area contributed by atoms with Crippen molar-refractivity contribution in [1.29, 1.82) is 0 Å². The molecule has 1 unspecified atom stereocenters. The molecule has 4 nitrogen and oxygen atoms in total. The number of halogens is 1. The van der Waals surface area contributed by atoms with Crippen molar-refractivity contribution in [1.82, 2.24) is 5.32 Å². The summed E-state index contributed by atoms with van der Waals surface area (Å²) in [5.41, 5.74) is 0. The fraction of sp³-hybridized carbons (Fsp3) is 0.913. The molecule has 0 aliphatic rings. The first-order valence-corrected chi connectivity index (χ1v) is 11.5. The summed E-state index contributed by atoms with van der Waals surface area (Å²) in [7, 11) is 0. The molecule has 0 rings (SSSR count). The number of nitrogens with one attached hydrogen (secondary N) is 1. The Kier molecular flexibility index (Phi) is 26.7. The highest BCUT2D eigenvalue weighted by molar-refractivity contribution is 5.85. The van der Waals surface area contributed by atoms with Gasteiger partial charge in [-0.05, 0) is 45.6 Å². The van der Waals surface area contributed by atoms with E-state index in [0.717, 1.165) is 13.0 Å². The molecule has 0 bridgehead atoms. The van der Waals surface area contributed by atoms with Crippen LogP contribution in [-0.4, -0.2) is 35.9 Å². The molecule has 0 amide bonds. The molecule has 0 aliphatic carbocycles. The third-order valence-electron chi connectivity index (χ3n) is 4.87. The summed E-state index contributed by atoms with van der Waals surface area (Å²) < 4.78 is 5.22. The molecule has 0 heterocycles. The molecule has 1 atom stereocenters. The Balaban J connectivity index is 0. The van der Waals surface area contributed by atoms with E-state index in [9.17, 15) is 0 Å². The van der Waals surface area contributed by atoms with E-state index in [2.05, 4.69) is 24.4 Å². The lowest BCUT2D eigenvalue weighted by atomic mass is 10.1. The Morgan fingerprint density at radius 1 is 0.750 bits per heavy atom. The van der Waals surface area contributed by atoms with Crippen LogP contribution in [0.1, 0.15) is 110 Å². The van der Waals surface area contributed by atoms with Crippen molar-refractivity contribution in [2.45, 2.75) is 123 Å².